The predicted octanol–water partition coefficient (Wildman–Crippen LogP) is 0.310. The van der Waals surface area contributed by atoms with Gasteiger partial charge >= 0.3 is 5.97 Å². The second-order valence-corrected chi connectivity index (χ2v) is 3.23. The quantitative estimate of drug-likeness (QED) is 0.567. The van der Waals surface area contributed by atoms with Crippen LogP contribution in [0.4, 0.5) is 5.69 Å². The van der Waals surface area contributed by atoms with Crippen molar-refractivity contribution < 1.29 is 19.1 Å². The molecule has 4 N–H and O–H groups in total. The van der Waals surface area contributed by atoms with Gasteiger partial charge in [0.05, 0.1) is 17.9 Å². The van der Waals surface area contributed by atoms with Crippen LogP contribution in [-0.2, 0) is 9.53 Å². The Hall–Kier alpha value is -2.24. The average molecular weight is 238 g/mol. The fourth-order valence-corrected chi connectivity index (χ4v) is 1.17. The van der Waals surface area contributed by atoms with Crippen molar-refractivity contribution >= 4 is 17.6 Å². The number of esters is 1. The van der Waals surface area contributed by atoms with Crippen molar-refractivity contribution in [3.05, 3.63) is 23.8 Å². The van der Waals surface area contributed by atoms with E-state index in [1.165, 1.54) is 18.2 Å². The van der Waals surface area contributed by atoms with Crippen molar-refractivity contribution in [3.63, 3.8) is 0 Å². The molecule has 0 unspecified atom stereocenters. The van der Waals surface area contributed by atoms with Crippen LogP contribution < -0.4 is 16.2 Å². The summed E-state index contributed by atoms with van der Waals surface area (Å²) >= 11 is 0. The van der Waals surface area contributed by atoms with E-state index in [0.717, 1.165) is 0 Å². The maximum absolute atomic E-state index is 11.4. The number of nitrogen functional groups attached to an aromatic ring is 1. The molecule has 92 valence electrons. The molecule has 1 aromatic carbocycles. The van der Waals surface area contributed by atoms with Crippen LogP contribution in [-0.4, -0.2) is 25.1 Å². The molecule has 0 saturated heterocycles. The highest BCUT2D eigenvalue weighted by molar-refractivity contribution is 5.91. The number of carbonyl (C=O) groups excluding carboxylic acids is 2. The van der Waals surface area contributed by atoms with Gasteiger partial charge in [-0.25, -0.2) is 4.79 Å². The van der Waals surface area contributed by atoms with Crippen molar-refractivity contribution in [1.82, 2.24) is 0 Å². The van der Waals surface area contributed by atoms with Gasteiger partial charge in [0.1, 0.15) is 5.75 Å². The molecule has 6 nitrogen and oxygen atoms in total. The van der Waals surface area contributed by atoms with Gasteiger partial charge in [0.25, 0.3) is 5.91 Å². The van der Waals surface area contributed by atoms with Gasteiger partial charge < -0.3 is 20.9 Å². The summed E-state index contributed by atoms with van der Waals surface area (Å²) in [5, 5.41) is 0. The summed E-state index contributed by atoms with van der Waals surface area (Å²) in [7, 11) is 0. The molecule has 6 heteroatoms. The Balaban J connectivity index is 2.78. The Morgan fingerprint density at radius 3 is 2.59 bits per heavy atom. The first kappa shape index (κ1) is 12.8. The number of carbonyl (C=O) groups is 2. The van der Waals surface area contributed by atoms with E-state index in [1.807, 2.05) is 0 Å². The third-order valence-electron chi connectivity index (χ3n) is 1.89. The monoisotopic (exact) mass is 238 g/mol. The predicted molar refractivity (Wildman–Crippen MR) is 61.5 cm³/mol. The summed E-state index contributed by atoms with van der Waals surface area (Å²) in [6.07, 6.45) is 0. The van der Waals surface area contributed by atoms with E-state index in [4.69, 9.17) is 20.9 Å². The molecule has 17 heavy (non-hydrogen) atoms. The van der Waals surface area contributed by atoms with E-state index in [1.54, 1.807) is 6.92 Å². The van der Waals surface area contributed by atoms with E-state index >= 15 is 0 Å². The Bertz CT molecular complexity index is 431. The van der Waals surface area contributed by atoms with Crippen LogP contribution >= 0.6 is 0 Å². The van der Waals surface area contributed by atoms with E-state index in [0.29, 0.717) is 17.9 Å². The third kappa shape index (κ3) is 3.67. The number of primary amides is 1. The summed E-state index contributed by atoms with van der Waals surface area (Å²) < 4.78 is 9.85. The highest BCUT2D eigenvalue weighted by Crippen LogP contribution is 2.22. The Morgan fingerprint density at radius 1 is 1.35 bits per heavy atom. The largest absolute Gasteiger partial charge is 0.482 e. The molecule has 1 rings (SSSR count). The first-order chi connectivity index (χ1) is 8.04. The van der Waals surface area contributed by atoms with Crippen molar-refractivity contribution in [2.45, 2.75) is 6.92 Å². The van der Waals surface area contributed by atoms with Crippen molar-refractivity contribution in [2.24, 2.45) is 5.73 Å². The zero-order valence-electron chi connectivity index (χ0n) is 9.43. The molecule has 0 heterocycles. The molecular formula is C11H14N2O4. The number of hydrogen-bond donors (Lipinski definition) is 2. The molecular weight excluding hydrogens is 224 g/mol. The Kier molecular flexibility index (Phi) is 4.33. The minimum Gasteiger partial charge on any atom is -0.482 e. The second-order valence-electron chi connectivity index (χ2n) is 3.23. The lowest BCUT2D eigenvalue weighted by molar-refractivity contribution is -0.119. The van der Waals surface area contributed by atoms with Gasteiger partial charge in [-0.05, 0) is 25.1 Å². The Morgan fingerprint density at radius 2 is 2.06 bits per heavy atom. The van der Waals surface area contributed by atoms with Crippen LogP contribution in [0.25, 0.3) is 0 Å². The van der Waals surface area contributed by atoms with Crippen molar-refractivity contribution in [1.29, 1.82) is 0 Å². The van der Waals surface area contributed by atoms with Crippen LogP contribution in [0.1, 0.15) is 17.3 Å². The van der Waals surface area contributed by atoms with Gasteiger partial charge in [0, 0.05) is 0 Å². The van der Waals surface area contributed by atoms with Crippen molar-refractivity contribution in [3.8, 4) is 5.75 Å². The molecule has 1 aromatic rings. The van der Waals surface area contributed by atoms with Crippen LogP contribution in [0.15, 0.2) is 18.2 Å². The average Bonchev–Trinajstić information content (AvgIpc) is 2.27. The molecule has 0 aromatic heterocycles. The van der Waals surface area contributed by atoms with E-state index in [2.05, 4.69) is 0 Å². The van der Waals surface area contributed by atoms with Crippen LogP contribution in [0.2, 0.25) is 0 Å². The standard InChI is InChI=1S/C11H14N2O4/c1-2-16-11(15)7-3-4-9(8(12)5-7)17-6-10(13)14/h3-5H,2,6,12H2,1H3,(H2,13,14). The fraction of sp³-hybridized carbons (Fsp3) is 0.273. The molecule has 0 atom stereocenters. The van der Waals surface area contributed by atoms with E-state index in [-0.39, 0.29) is 12.3 Å². The number of hydrogen-bond acceptors (Lipinski definition) is 5. The fourth-order valence-electron chi connectivity index (χ4n) is 1.17. The zero-order chi connectivity index (χ0) is 12.8. The minimum absolute atomic E-state index is 0.247. The maximum atomic E-state index is 11.4. The third-order valence-corrected chi connectivity index (χ3v) is 1.89. The SMILES string of the molecule is CCOC(=O)c1ccc(OCC(N)=O)c(N)c1. The summed E-state index contributed by atoms with van der Waals surface area (Å²) in [6.45, 7) is 1.74. The Labute approximate surface area is 98.5 Å². The second kappa shape index (κ2) is 5.74. The highest BCUT2D eigenvalue weighted by Gasteiger charge is 2.09. The molecule has 0 saturated carbocycles. The molecule has 0 aliphatic heterocycles. The summed E-state index contributed by atoms with van der Waals surface area (Å²) in [5.41, 5.74) is 11.2. The number of rotatable bonds is 5. The summed E-state index contributed by atoms with van der Waals surface area (Å²) in [4.78, 5) is 21.9. The molecule has 0 bridgehead atoms. The summed E-state index contributed by atoms with van der Waals surface area (Å²) in [5.74, 6) is -0.753. The molecule has 1 amide bonds. The zero-order valence-corrected chi connectivity index (χ0v) is 9.43. The van der Waals surface area contributed by atoms with E-state index < -0.39 is 11.9 Å². The topological polar surface area (TPSA) is 105 Å². The number of amides is 1. The molecule has 0 fully saturated rings. The van der Waals surface area contributed by atoms with Crippen LogP contribution in [0, 0.1) is 0 Å². The number of ether oxygens (including phenoxy) is 2. The normalized spacial score (nSPS) is 9.71. The number of nitrogens with two attached hydrogens (primary N) is 2. The number of benzene rings is 1. The molecule has 0 spiro atoms. The number of anilines is 1. The van der Waals surface area contributed by atoms with Gasteiger partial charge in [-0.15, -0.1) is 0 Å². The van der Waals surface area contributed by atoms with Crippen molar-refractivity contribution in [2.75, 3.05) is 18.9 Å². The molecule has 0 radical (unpaired) electrons. The minimum atomic E-state index is -0.598. The first-order valence-corrected chi connectivity index (χ1v) is 5.02. The van der Waals surface area contributed by atoms with Crippen LogP contribution in [0.5, 0.6) is 5.75 Å². The molecule has 0 aliphatic carbocycles. The van der Waals surface area contributed by atoms with Gasteiger partial charge in [0.2, 0.25) is 0 Å². The van der Waals surface area contributed by atoms with Gasteiger partial charge in [-0.3, -0.25) is 4.79 Å². The van der Waals surface area contributed by atoms with E-state index in [9.17, 15) is 9.59 Å². The lowest BCUT2D eigenvalue weighted by Crippen LogP contribution is -2.20. The first-order valence-electron chi connectivity index (χ1n) is 5.02. The van der Waals surface area contributed by atoms with Crippen LogP contribution in [0.3, 0.4) is 0 Å². The summed E-state index contributed by atoms with van der Waals surface area (Å²) in [6, 6.07) is 4.42. The van der Waals surface area contributed by atoms with Gasteiger partial charge in [-0.2, -0.15) is 0 Å². The maximum Gasteiger partial charge on any atom is 0.338 e. The van der Waals surface area contributed by atoms with Gasteiger partial charge in [-0.1, -0.05) is 0 Å². The molecule has 0 aliphatic rings. The lowest BCUT2D eigenvalue weighted by atomic mass is 10.2. The van der Waals surface area contributed by atoms with Gasteiger partial charge in [0.15, 0.2) is 6.61 Å². The highest BCUT2D eigenvalue weighted by atomic mass is 16.5. The smallest absolute Gasteiger partial charge is 0.338 e. The lowest BCUT2D eigenvalue weighted by Gasteiger charge is -2.08.